The highest BCUT2D eigenvalue weighted by molar-refractivity contribution is 7.80. The van der Waals surface area contributed by atoms with Crippen molar-refractivity contribution >= 4 is 35.0 Å². The lowest BCUT2D eigenvalue weighted by molar-refractivity contribution is -0.113. The lowest BCUT2D eigenvalue weighted by atomic mass is 10.2. The van der Waals surface area contributed by atoms with Crippen molar-refractivity contribution in [2.24, 2.45) is 0 Å². The minimum Gasteiger partial charge on any atom is -0.497 e. The smallest absolute Gasteiger partial charge is 0.281 e. The minimum absolute atomic E-state index is 0.221. The molecular formula is C23H20N2O4S. The quantitative estimate of drug-likeness (QED) is 0.470. The van der Waals surface area contributed by atoms with E-state index in [1.54, 1.807) is 19.3 Å². The third kappa shape index (κ3) is 4.06. The Balaban J connectivity index is 1.45. The van der Waals surface area contributed by atoms with Crippen LogP contribution in [-0.4, -0.2) is 18.1 Å². The molecular weight excluding hydrogens is 400 g/mol. The number of furan rings is 1. The molecule has 3 aromatic rings. The average molecular weight is 420 g/mol. The molecule has 0 saturated carbocycles. The van der Waals surface area contributed by atoms with Crippen molar-refractivity contribution in [2.45, 2.75) is 13.5 Å². The maximum atomic E-state index is 12.9. The summed E-state index contributed by atoms with van der Waals surface area (Å²) in [5, 5.41) is 3.31. The number of carbonyl (C=O) groups excluding carboxylic acids is 1. The molecule has 7 heteroatoms. The van der Waals surface area contributed by atoms with Gasteiger partial charge < -0.3 is 19.2 Å². The Hall–Kier alpha value is -3.58. The van der Waals surface area contributed by atoms with Crippen LogP contribution in [0.25, 0.3) is 6.08 Å². The molecule has 6 nitrogen and oxygen atoms in total. The fourth-order valence-corrected chi connectivity index (χ4v) is 3.38. The van der Waals surface area contributed by atoms with Gasteiger partial charge in [0.05, 0.1) is 12.8 Å². The number of hydrogen-bond acceptors (Lipinski definition) is 5. The number of methoxy groups -OCH3 is 1. The second-order valence-electron chi connectivity index (χ2n) is 6.68. The van der Waals surface area contributed by atoms with Gasteiger partial charge in [0.2, 0.25) is 0 Å². The first-order valence-electron chi connectivity index (χ1n) is 9.33. The third-order valence-electron chi connectivity index (χ3n) is 4.64. The highest BCUT2D eigenvalue weighted by Gasteiger charge is 2.32. The molecule has 1 amide bonds. The van der Waals surface area contributed by atoms with Gasteiger partial charge in [0.1, 0.15) is 35.3 Å². The molecule has 0 radical (unpaired) electrons. The number of nitrogens with one attached hydrogen (secondary N) is 1. The first-order valence-corrected chi connectivity index (χ1v) is 9.74. The number of rotatable bonds is 6. The van der Waals surface area contributed by atoms with E-state index in [0.29, 0.717) is 28.1 Å². The van der Waals surface area contributed by atoms with Crippen LogP contribution in [0.4, 0.5) is 5.69 Å². The average Bonchev–Trinajstić information content (AvgIpc) is 3.31. The molecule has 2 aromatic carbocycles. The molecule has 30 heavy (non-hydrogen) atoms. The van der Waals surface area contributed by atoms with Gasteiger partial charge in [-0.3, -0.25) is 9.69 Å². The van der Waals surface area contributed by atoms with Crippen LogP contribution in [0, 0.1) is 6.92 Å². The Morgan fingerprint density at radius 1 is 1.07 bits per heavy atom. The van der Waals surface area contributed by atoms with E-state index in [0.717, 1.165) is 17.0 Å². The molecule has 1 aliphatic heterocycles. The summed E-state index contributed by atoms with van der Waals surface area (Å²) in [5.41, 5.74) is 2.09. The highest BCUT2D eigenvalue weighted by atomic mass is 32.1. The monoisotopic (exact) mass is 420 g/mol. The second-order valence-corrected chi connectivity index (χ2v) is 7.07. The van der Waals surface area contributed by atoms with E-state index in [1.807, 2.05) is 61.5 Å². The Morgan fingerprint density at radius 2 is 1.80 bits per heavy atom. The fourth-order valence-electron chi connectivity index (χ4n) is 3.09. The zero-order chi connectivity index (χ0) is 21.1. The van der Waals surface area contributed by atoms with Crippen LogP contribution in [0.15, 0.2) is 70.8 Å². The van der Waals surface area contributed by atoms with Crippen LogP contribution < -0.4 is 19.7 Å². The molecule has 1 aromatic heterocycles. The van der Waals surface area contributed by atoms with Gasteiger partial charge in [-0.05, 0) is 67.2 Å². The summed E-state index contributed by atoms with van der Waals surface area (Å²) >= 11 is 5.36. The predicted octanol–water partition coefficient (Wildman–Crippen LogP) is 4.44. The molecule has 1 fully saturated rings. The summed E-state index contributed by atoms with van der Waals surface area (Å²) in [5.74, 6) is 2.43. The Kier molecular flexibility index (Phi) is 5.54. The topological polar surface area (TPSA) is 63.9 Å². The number of carbonyl (C=O) groups is 1. The van der Waals surface area contributed by atoms with E-state index in [4.69, 9.17) is 26.1 Å². The van der Waals surface area contributed by atoms with E-state index in [-0.39, 0.29) is 12.5 Å². The number of nitrogens with zero attached hydrogens (tertiary/aromatic N) is 1. The van der Waals surface area contributed by atoms with E-state index < -0.39 is 0 Å². The summed E-state index contributed by atoms with van der Waals surface area (Å²) in [6, 6.07) is 18.5. The first-order chi connectivity index (χ1) is 14.5. The van der Waals surface area contributed by atoms with Crippen molar-refractivity contribution in [2.75, 3.05) is 12.0 Å². The van der Waals surface area contributed by atoms with E-state index in [2.05, 4.69) is 5.32 Å². The second kappa shape index (κ2) is 8.42. The molecule has 1 saturated heterocycles. The zero-order valence-electron chi connectivity index (χ0n) is 16.5. The normalized spacial score (nSPS) is 14.9. The van der Waals surface area contributed by atoms with E-state index in [1.165, 1.54) is 4.90 Å². The van der Waals surface area contributed by atoms with Crippen LogP contribution in [-0.2, 0) is 11.4 Å². The number of benzene rings is 2. The van der Waals surface area contributed by atoms with Gasteiger partial charge in [-0.15, -0.1) is 0 Å². The fraction of sp³-hybridized carbons (Fsp3) is 0.130. The van der Waals surface area contributed by atoms with Crippen molar-refractivity contribution in [1.29, 1.82) is 0 Å². The van der Waals surface area contributed by atoms with Crippen LogP contribution in [0.1, 0.15) is 17.1 Å². The van der Waals surface area contributed by atoms with Crippen LogP contribution in [0.5, 0.6) is 11.5 Å². The molecule has 152 valence electrons. The van der Waals surface area contributed by atoms with Crippen LogP contribution in [0.3, 0.4) is 0 Å². The van der Waals surface area contributed by atoms with E-state index >= 15 is 0 Å². The van der Waals surface area contributed by atoms with Gasteiger partial charge in [-0.2, -0.15) is 0 Å². The largest absolute Gasteiger partial charge is 0.497 e. The van der Waals surface area contributed by atoms with E-state index in [9.17, 15) is 4.79 Å². The molecule has 0 bridgehead atoms. The van der Waals surface area contributed by atoms with Crippen LogP contribution >= 0.6 is 12.2 Å². The van der Waals surface area contributed by atoms with Crippen molar-refractivity contribution in [3.63, 3.8) is 0 Å². The van der Waals surface area contributed by atoms with Crippen molar-refractivity contribution in [3.05, 3.63) is 83.4 Å². The first kappa shape index (κ1) is 19.7. The predicted molar refractivity (Wildman–Crippen MR) is 118 cm³/mol. The van der Waals surface area contributed by atoms with Crippen molar-refractivity contribution < 1.29 is 18.7 Å². The number of aryl methyl sites for hydroxylation is 1. The lowest BCUT2D eigenvalue weighted by Crippen LogP contribution is -2.30. The molecule has 1 N–H and O–H groups in total. The SMILES string of the molecule is COc1ccc(OCc2ccc(/C=C3/NC(=S)N(c4ccccc4C)C3=O)o2)cc1. The molecule has 0 aliphatic carbocycles. The summed E-state index contributed by atoms with van der Waals surface area (Å²) in [7, 11) is 1.62. The Labute approximate surface area is 179 Å². The number of ether oxygens (including phenoxy) is 2. The maximum absolute atomic E-state index is 12.9. The standard InChI is InChI=1S/C23H20N2O4S/c1-15-5-3-4-6-21(15)25-22(26)20(24-23(25)30)13-18-11-12-19(29-18)14-28-17-9-7-16(27-2)8-10-17/h3-13H,14H2,1-2H3,(H,24,30)/b20-13+. The Morgan fingerprint density at radius 3 is 2.53 bits per heavy atom. The van der Waals surface area contributed by atoms with Gasteiger partial charge in [-0.1, -0.05) is 18.2 Å². The van der Waals surface area contributed by atoms with Gasteiger partial charge in [0.25, 0.3) is 5.91 Å². The lowest BCUT2D eigenvalue weighted by Gasteiger charge is -2.16. The van der Waals surface area contributed by atoms with Crippen molar-refractivity contribution in [1.82, 2.24) is 5.32 Å². The van der Waals surface area contributed by atoms with Crippen LogP contribution in [0.2, 0.25) is 0 Å². The summed E-state index contributed by atoms with van der Waals surface area (Å²) in [6.45, 7) is 2.21. The molecule has 0 spiro atoms. The number of anilines is 1. The maximum Gasteiger partial charge on any atom is 0.281 e. The van der Waals surface area contributed by atoms with Gasteiger partial charge in [-0.25, -0.2) is 0 Å². The molecule has 4 rings (SSSR count). The van der Waals surface area contributed by atoms with Gasteiger partial charge >= 0.3 is 0 Å². The number of para-hydroxylation sites is 1. The third-order valence-corrected chi connectivity index (χ3v) is 4.93. The van der Waals surface area contributed by atoms with Gasteiger partial charge in [0, 0.05) is 6.08 Å². The van der Waals surface area contributed by atoms with Crippen molar-refractivity contribution in [3.8, 4) is 11.5 Å². The highest BCUT2D eigenvalue weighted by Crippen LogP contribution is 2.26. The minimum atomic E-state index is -0.221. The molecule has 2 heterocycles. The summed E-state index contributed by atoms with van der Waals surface area (Å²) < 4.78 is 16.6. The number of hydrogen-bond donors (Lipinski definition) is 1. The molecule has 0 unspecified atom stereocenters. The summed E-state index contributed by atoms with van der Waals surface area (Å²) in [6.07, 6.45) is 1.64. The Bertz CT molecular complexity index is 1120. The number of amides is 1. The zero-order valence-corrected chi connectivity index (χ0v) is 17.4. The molecule has 1 aliphatic rings. The summed E-state index contributed by atoms with van der Waals surface area (Å²) in [4.78, 5) is 14.4. The number of thiocarbonyl (C=S) groups is 1. The molecule has 0 atom stereocenters. The van der Waals surface area contributed by atoms with Gasteiger partial charge in [0.15, 0.2) is 5.11 Å².